The average Bonchev–Trinajstić information content (AvgIpc) is 3.61. The first-order valence-electron chi connectivity index (χ1n) is 11.5. The van der Waals surface area contributed by atoms with Crippen LogP contribution in [0.2, 0.25) is 0 Å². The average molecular weight is 522 g/mol. The summed E-state index contributed by atoms with van der Waals surface area (Å²) in [5.41, 5.74) is 6.13. The zero-order valence-corrected chi connectivity index (χ0v) is 20.3. The number of tetrazole rings is 1. The quantitative estimate of drug-likeness (QED) is 0.132. The van der Waals surface area contributed by atoms with Gasteiger partial charge in [0, 0.05) is 50.8 Å². The zero-order chi connectivity index (χ0) is 26.8. The van der Waals surface area contributed by atoms with Crippen molar-refractivity contribution in [2.75, 3.05) is 43.2 Å². The van der Waals surface area contributed by atoms with E-state index in [1.165, 1.54) is 23.5 Å². The van der Waals surface area contributed by atoms with Gasteiger partial charge in [-0.25, -0.2) is 15.2 Å². The molecule has 5 N–H and O–H groups in total. The molecular weight excluding hydrogens is 497 g/mol. The van der Waals surface area contributed by atoms with Crippen LogP contribution in [0, 0.1) is 5.82 Å². The number of piperazine rings is 1. The number of amides is 1. The van der Waals surface area contributed by atoms with Crippen molar-refractivity contribution in [1.29, 1.82) is 0 Å². The first kappa shape index (κ1) is 24.6. The van der Waals surface area contributed by atoms with Crippen LogP contribution in [0.4, 0.5) is 16.2 Å². The van der Waals surface area contributed by atoms with Crippen molar-refractivity contribution < 1.29 is 18.7 Å². The van der Waals surface area contributed by atoms with Gasteiger partial charge < -0.3 is 25.3 Å². The Morgan fingerprint density at radius 2 is 2.03 bits per heavy atom. The minimum atomic E-state index is -0.847. The summed E-state index contributed by atoms with van der Waals surface area (Å²) in [5, 5.41) is 13.0. The maximum Gasteiger partial charge on any atom is 0.295 e. The standard InChI is InChI=1S/C23H24FN11O3/c1-38-15-4-2-3-14(11-15)35-23(29-30-31-35)33-9-7-32(8-10-33)22(37)20(36)16-12-27-19-18(16)17(24)13-28-21(19)34(26)6-5-25/h2-6,11-13,27H,7-10,25-26H2,1H3/b6-5-. The zero-order valence-electron chi connectivity index (χ0n) is 20.3. The Morgan fingerprint density at radius 3 is 2.76 bits per heavy atom. The van der Waals surface area contributed by atoms with Crippen LogP contribution in [0.15, 0.2) is 49.1 Å². The molecule has 0 spiro atoms. The normalized spacial score (nSPS) is 13.9. The van der Waals surface area contributed by atoms with Gasteiger partial charge in [0.05, 0.1) is 35.5 Å². The predicted octanol–water partition coefficient (Wildman–Crippen LogP) is 0.328. The van der Waals surface area contributed by atoms with Gasteiger partial charge >= 0.3 is 0 Å². The van der Waals surface area contributed by atoms with Gasteiger partial charge in [0.25, 0.3) is 11.7 Å². The molecule has 5 rings (SSSR count). The van der Waals surface area contributed by atoms with Crippen molar-refractivity contribution in [2.24, 2.45) is 11.6 Å². The van der Waals surface area contributed by atoms with Crippen LogP contribution in [-0.4, -0.2) is 80.1 Å². The number of Topliss-reactive ketones (excluding diaryl/α,β-unsaturated/α-hetero) is 1. The fourth-order valence-electron chi connectivity index (χ4n) is 4.29. The molecule has 0 bridgehead atoms. The second-order valence-electron chi connectivity index (χ2n) is 8.33. The second kappa shape index (κ2) is 10.1. The molecule has 15 heteroatoms. The number of aromatic amines is 1. The molecule has 0 atom stereocenters. The number of H-pyrrole nitrogens is 1. The maximum absolute atomic E-state index is 14.7. The van der Waals surface area contributed by atoms with Crippen molar-refractivity contribution >= 4 is 34.4 Å². The number of benzene rings is 1. The van der Waals surface area contributed by atoms with E-state index in [0.717, 1.165) is 11.2 Å². The van der Waals surface area contributed by atoms with Crippen LogP contribution in [0.5, 0.6) is 5.75 Å². The van der Waals surface area contributed by atoms with E-state index in [9.17, 15) is 14.0 Å². The third kappa shape index (κ3) is 4.34. The van der Waals surface area contributed by atoms with E-state index in [2.05, 4.69) is 25.5 Å². The number of methoxy groups -OCH3 is 1. The molecule has 1 amide bonds. The number of ketones is 1. The van der Waals surface area contributed by atoms with Crippen molar-refractivity contribution in [2.45, 2.75) is 0 Å². The molecule has 196 valence electrons. The monoisotopic (exact) mass is 521 g/mol. The Bertz CT molecular complexity index is 1520. The lowest BCUT2D eigenvalue weighted by Gasteiger charge is -2.34. The molecule has 0 radical (unpaired) electrons. The minimum absolute atomic E-state index is 0.0784. The minimum Gasteiger partial charge on any atom is -0.497 e. The topological polar surface area (TPSA) is 177 Å². The van der Waals surface area contributed by atoms with Crippen LogP contribution < -0.4 is 26.2 Å². The molecular formula is C23H24FN11O3. The van der Waals surface area contributed by atoms with E-state index in [-0.39, 0.29) is 35.4 Å². The number of halogens is 1. The predicted molar refractivity (Wildman–Crippen MR) is 135 cm³/mol. The Morgan fingerprint density at radius 1 is 1.24 bits per heavy atom. The number of anilines is 2. The van der Waals surface area contributed by atoms with Crippen LogP contribution >= 0.6 is 0 Å². The number of fused-ring (bicyclic) bond motifs is 1. The van der Waals surface area contributed by atoms with Gasteiger partial charge in [-0.05, 0) is 22.6 Å². The van der Waals surface area contributed by atoms with Crippen LogP contribution in [0.25, 0.3) is 16.6 Å². The number of nitrogens with two attached hydrogens (primary N) is 2. The molecule has 0 unspecified atom stereocenters. The third-order valence-electron chi connectivity index (χ3n) is 6.17. The summed E-state index contributed by atoms with van der Waals surface area (Å²) in [5.74, 6) is 4.80. The Labute approximate surface area is 215 Å². The molecule has 1 fully saturated rings. The number of hydrogen-bond donors (Lipinski definition) is 3. The molecule has 1 aliphatic heterocycles. The fourth-order valence-corrected chi connectivity index (χ4v) is 4.29. The van der Waals surface area contributed by atoms with E-state index >= 15 is 0 Å². The molecule has 14 nitrogen and oxygen atoms in total. The van der Waals surface area contributed by atoms with Gasteiger partial charge in [-0.1, -0.05) is 11.2 Å². The highest BCUT2D eigenvalue weighted by atomic mass is 19.1. The van der Waals surface area contributed by atoms with E-state index < -0.39 is 17.5 Å². The van der Waals surface area contributed by atoms with E-state index in [1.807, 2.05) is 23.1 Å². The third-order valence-corrected chi connectivity index (χ3v) is 6.17. The lowest BCUT2D eigenvalue weighted by atomic mass is 10.1. The number of carbonyl (C=O) groups excluding carboxylic acids is 2. The smallest absolute Gasteiger partial charge is 0.295 e. The number of ether oxygens (including phenoxy) is 1. The summed E-state index contributed by atoms with van der Waals surface area (Å²) in [6.07, 6.45) is 4.71. The number of hydrogen-bond acceptors (Lipinski definition) is 11. The molecule has 4 heterocycles. The Hall–Kier alpha value is -5.05. The van der Waals surface area contributed by atoms with Crippen molar-refractivity contribution in [3.05, 3.63) is 60.4 Å². The first-order chi connectivity index (χ1) is 18.4. The van der Waals surface area contributed by atoms with Gasteiger partial charge in [0.1, 0.15) is 5.75 Å². The highest BCUT2D eigenvalue weighted by Gasteiger charge is 2.31. The van der Waals surface area contributed by atoms with Crippen molar-refractivity contribution in [1.82, 2.24) is 35.1 Å². The number of nitrogens with zero attached hydrogens (tertiary/aromatic N) is 8. The summed E-state index contributed by atoms with van der Waals surface area (Å²) < 4.78 is 21.6. The molecule has 1 saturated heterocycles. The van der Waals surface area contributed by atoms with E-state index in [0.29, 0.717) is 30.5 Å². The largest absolute Gasteiger partial charge is 0.497 e. The first-order valence-corrected chi connectivity index (χ1v) is 11.5. The van der Waals surface area contributed by atoms with Gasteiger partial charge in [-0.15, -0.1) is 0 Å². The summed E-state index contributed by atoms with van der Waals surface area (Å²) in [6.45, 7) is 1.25. The van der Waals surface area contributed by atoms with Crippen LogP contribution in [0.3, 0.4) is 0 Å². The second-order valence-corrected chi connectivity index (χ2v) is 8.33. The number of pyridine rings is 1. The van der Waals surface area contributed by atoms with Gasteiger partial charge in [0.15, 0.2) is 11.6 Å². The number of rotatable bonds is 7. The number of nitrogens with one attached hydrogen (secondary N) is 1. The van der Waals surface area contributed by atoms with Crippen molar-refractivity contribution in [3.8, 4) is 11.4 Å². The summed E-state index contributed by atoms with van der Waals surface area (Å²) in [6, 6.07) is 7.29. The number of aromatic nitrogens is 6. The van der Waals surface area contributed by atoms with E-state index in [4.69, 9.17) is 16.3 Å². The molecule has 1 aromatic carbocycles. The van der Waals surface area contributed by atoms with Crippen molar-refractivity contribution in [3.63, 3.8) is 0 Å². The summed E-state index contributed by atoms with van der Waals surface area (Å²) >= 11 is 0. The van der Waals surface area contributed by atoms with Gasteiger partial charge in [-0.2, -0.15) is 4.68 Å². The lowest BCUT2D eigenvalue weighted by Crippen LogP contribution is -2.51. The molecule has 3 aromatic heterocycles. The Kier molecular flexibility index (Phi) is 6.57. The summed E-state index contributed by atoms with van der Waals surface area (Å²) in [4.78, 5) is 36.3. The molecule has 1 aliphatic rings. The number of carbonyl (C=O) groups is 2. The van der Waals surface area contributed by atoms with Gasteiger partial charge in [-0.3, -0.25) is 14.6 Å². The van der Waals surface area contributed by atoms with Crippen LogP contribution in [0.1, 0.15) is 10.4 Å². The van der Waals surface area contributed by atoms with Gasteiger partial charge in [0.2, 0.25) is 5.95 Å². The van der Waals surface area contributed by atoms with E-state index in [1.54, 1.807) is 17.9 Å². The highest BCUT2D eigenvalue weighted by Crippen LogP contribution is 2.29. The van der Waals surface area contributed by atoms with Crippen LogP contribution in [-0.2, 0) is 4.79 Å². The Balaban J connectivity index is 1.32. The maximum atomic E-state index is 14.7. The highest BCUT2D eigenvalue weighted by molar-refractivity contribution is 6.45. The fraction of sp³-hybridized carbons (Fsp3) is 0.217. The SMILES string of the molecule is COc1cccc(-n2nnnc2N2CCN(C(=O)C(=O)c3c[nH]c4c(N(N)/C=C\N)ncc(F)c34)CC2)c1. The summed E-state index contributed by atoms with van der Waals surface area (Å²) in [7, 11) is 1.57. The molecule has 4 aromatic rings. The molecule has 38 heavy (non-hydrogen) atoms. The molecule has 0 saturated carbocycles. The number of hydrazine groups is 1. The molecule has 0 aliphatic carbocycles. The lowest BCUT2D eigenvalue weighted by molar-refractivity contribution is -0.126.